The molecular weight excluding hydrogens is 248 g/mol. The van der Waals surface area contributed by atoms with Crippen LogP contribution in [-0.2, 0) is 6.54 Å². The summed E-state index contributed by atoms with van der Waals surface area (Å²) in [7, 11) is 0. The molecule has 0 unspecified atom stereocenters. The average Bonchev–Trinajstić information content (AvgIpc) is 2.44. The summed E-state index contributed by atoms with van der Waals surface area (Å²) in [6.07, 6.45) is 0. The van der Waals surface area contributed by atoms with Gasteiger partial charge in [0.1, 0.15) is 17.5 Å². The number of hydrogen-bond acceptors (Lipinski definition) is 4. The molecule has 0 bridgehead atoms. The Bertz CT molecular complexity index is 537. The van der Waals surface area contributed by atoms with Gasteiger partial charge in [0.15, 0.2) is 0 Å². The summed E-state index contributed by atoms with van der Waals surface area (Å²) < 4.78 is 0. The zero-order chi connectivity index (χ0) is 14.4. The Morgan fingerprint density at radius 1 is 1.00 bits per heavy atom. The highest BCUT2D eigenvalue weighted by molar-refractivity contribution is 5.47. The van der Waals surface area contributed by atoms with Crippen molar-refractivity contribution in [1.82, 2.24) is 9.97 Å². The van der Waals surface area contributed by atoms with Crippen LogP contribution in [0.15, 0.2) is 36.4 Å². The van der Waals surface area contributed by atoms with E-state index in [0.29, 0.717) is 5.92 Å². The lowest BCUT2D eigenvalue weighted by Gasteiger charge is -2.11. The van der Waals surface area contributed by atoms with E-state index in [0.717, 1.165) is 30.5 Å². The maximum atomic E-state index is 4.41. The van der Waals surface area contributed by atoms with Crippen molar-refractivity contribution in [3.8, 4) is 0 Å². The molecule has 0 aliphatic heterocycles. The van der Waals surface area contributed by atoms with Gasteiger partial charge in [-0.05, 0) is 18.4 Å². The molecule has 2 N–H and O–H groups in total. The molecule has 0 radical (unpaired) electrons. The monoisotopic (exact) mass is 270 g/mol. The van der Waals surface area contributed by atoms with Gasteiger partial charge in [-0.1, -0.05) is 44.2 Å². The van der Waals surface area contributed by atoms with Gasteiger partial charge < -0.3 is 10.6 Å². The first-order chi connectivity index (χ1) is 9.63. The molecule has 0 amide bonds. The van der Waals surface area contributed by atoms with E-state index in [1.54, 1.807) is 0 Å². The van der Waals surface area contributed by atoms with Gasteiger partial charge in [0.25, 0.3) is 0 Å². The topological polar surface area (TPSA) is 49.8 Å². The second kappa shape index (κ2) is 6.89. The van der Waals surface area contributed by atoms with Crippen LogP contribution >= 0.6 is 0 Å². The maximum absolute atomic E-state index is 4.41. The van der Waals surface area contributed by atoms with Crippen LogP contribution in [0.3, 0.4) is 0 Å². The number of nitrogens with one attached hydrogen (secondary N) is 2. The predicted molar refractivity (Wildman–Crippen MR) is 83.9 cm³/mol. The first-order valence-corrected chi connectivity index (χ1v) is 7.01. The minimum absolute atomic E-state index is 0.589. The number of nitrogens with zero attached hydrogens (tertiary/aromatic N) is 2. The van der Waals surface area contributed by atoms with Crippen LogP contribution < -0.4 is 10.6 Å². The number of hydrogen-bond donors (Lipinski definition) is 2. The van der Waals surface area contributed by atoms with Crippen LogP contribution in [-0.4, -0.2) is 16.5 Å². The first-order valence-electron chi connectivity index (χ1n) is 7.01. The molecular formula is C16H22N4. The first kappa shape index (κ1) is 14.3. The van der Waals surface area contributed by atoms with Crippen LogP contribution in [0.25, 0.3) is 0 Å². The molecule has 2 rings (SSSR count). The summed E-state index contributed by atoms with van der Waals surface area (Å²) in [6, 6.07) is 12.2. The Hall–Kier alpha value is -2.10. The molecule has 0 saturated heterocycles. The van der Waals surface area contributed by atoms with Crippen LogP contribution in [0.1, 0.15) is 25.2 Å². The third kappa shape index (κ3) is 4.53. The highest BCUT2D eigenvalue weighted by atomic mass is 15.1. The quantitative estimate of drug-likeness (QED) is 0.844. The molecule has 0 atom stereocenters. The van der Waals surface area contributed by atoms with Crippen molar-refractivity contribution in [2.75, 3.05) is 17.2 Å². The normalized spacial score (nSPS) is 10.6. The Morgan fingerprint density at radius 3 is 2.30 bits per heavy atom. The van der Waals surface area contributed by atoms with Crippen LogP contribution in [0.2, 0.25) is 0 Å². The molecule has 1 heterocycles. The molecule has 0 aliphatic carbocycles. The lowest BCUT2D eigenvalue weighted by atomic mass is 10.2. The number of aromatic nitrogens is 2. The van der Waals surface area contributed by atoms with Crippen molar-refractivity contribution in [3.05, 3.63) is 47.8 Å². The predicted octanol–water partition coefficient (Wildman–Crippen LogP) is 3.47. The Morgan fingerprint density at radius 2 is 1.65 bits per heavy atom. The zero-order valence-electron chi connectivity index (χ0n) is 12.4. The fourth-order valence-corrected chi connectivity index (χ4v) is 1.85. The van der Waals surface area contributed by atoms with Crippen LogP contribution in [0.4, 0.5) is 11.6 Å². The van der Waals surface area contributed by atoms with E-state index in [9.17, 15) is 0 Å². The number of rotatable bonds is 6. The number of benzene rings is 1. The third-order valence-electron chi connectivity index (χ3n) is 2.85. The van der Waals surface area contributed by atoms with Crippen molar-refractivity contribution in [2.24, 2.45) is 5.92 Å². The Kier molecular flexibility index (Phi) is 4.93. The van der Waals surface area contributed by atoms with Crippen molar-refractivity contribution < 1.29 is 0 Å². The number of anilines is 2. The molecule has 4 nitrogen and oxygen atoms in total. The molecule has 20 heavy (non-hydrogen) atoms. The largest absolute Gasteiger partial charge is 0.370 e. The second-order valence-corrected chi connectivity index (χ2v) is 5.30. The third-order valence-corrected chi connectivity index (χ3v) is 2.85. The molecule has 1 aromatic heterocycles. The van der Waals surface area contributed by atoms with Crippen LogP contribution in [0, 0.1) is 12.8 Å². The van der Waals surface area contributed by atoms with Gasteiger partial charge in [0.05, 0.1) is 0 Å². The smallest absolute Gasteiger partial charge is 0.132 e. The van der Waals surface area contributed by atoms with Crippen molar-refractivity contribution in [1.29, 1.82) is 0 Å². The van der Waals surface area contributed by atoms with Gasteiger partial charge in [-0.15, -0.1) is 0 Å². The van der Waals surface area contributed by atoms with E-state index >= 15 is 0 Å². The summed E-state index contributed by atoms with van der Waals surface area (Å²) in [5, 5.41) is 6.67. The minimum atomic E-state index is 0.589. The van der Waals surface area contributed by atoms with Crippen LogP contribution in [0.5, 0.6) is 0 Å². The van der Waals surface area contributed by atoms with Gasteiger partial charge in [0.2, 0.25) is 0 Å². The molecule has 2 aromatic rings. The SMILES string of the molecule is Cc1nc(NCc2ccccc2)cc(NCC(C)C)n1. The summed E-state index contributed by atoms with van der Waals surface area (Å²) in [5.74, 6) is 3.09. The van der Waals surface area contributed by atoms with E-state index in [2.05, 4.69) is 46.6 Å². The van der Waals surface area contributed by atoms with E-state index in [1.807, 2.05) is 31.2 Å². The van der Waals surface area contributed by atoms with Crippen molar-refractivity contribution >= 4 is 11.6 Å². The number of aryl methyl sites for hydroxylation is 1. The zero-order valence-corrected chi connectivity index (χ0v) is 12.4. The average molecular weight is 270 g/mol. The van der Waals surface area contributed by atoms with Gasteiger partial charge in [0, 0.05) is 19.2 Å². The van der Waals surface area contributed by atoms with E-state index in [1.165, 1.54) is 5.56 Å². The Balaban J connectivity index is 2.00. The van der Waals surface area contributed by atoms with Crippen molar-refractivity contribution in [2.45, 2.75) is 27.3 Å². The summed E-state index contributed by atoms with van der Waals surface area (Å²) in [5.41, 5.74) is 1.24. The fraction of sp³-hybridized carbons (Fsp3) is 0.375. The van der Waals surface area contributed by atoms with Gasteiger partial charge in [-0.25, -0.2) is 9.97 Å². The van der Waals surface area contributed by atoms with E-state index in [4.69, 9.17) is 0 Å². The minimum Gasteiger partial charge on any atom is -0.370 e. The lowest BCUT2D eigenvalue weighted by Crippen LogP contribution is -2.11. The fourth-order valence-electron chi connectivity index (χ4n) is 1.85. The molecule has 0 spiro atoms. The lowest BCUT2D eigenvalue weighted by molar-refractivity contribution is 0.686. The summed E-state index contributed by atoms with van der Waals surface area (Å²) in [6.45, 7) is 7.94. The standard InChI is InChI=1S/C16H22N4/c1-12(2)10-17-15-9-16(20-13(3)19-15)18-11-14-7-5-4-6-8-14/h4-9,12H,10-11H2,1-3H3,(H2,17,18,19,20). The highest BCUT2D eigenvalue weighted by Gasteiger charge is 2.02. The van der Waals surface area contributed by atoms with E-state index < -0.39 is 0 Å². The van der Waals surface area contributed by atoms with Crippen molar-refractivity contribution in [3.63, 3.8) is 0 Å². The molecule has 0 fully saturated rings. The summed E-state index contributed by atoms with van der Waals surface area (Å²) in [4.78, 5) is 8.81. The second-order valence-electron chi connectivity index (χ2n) is 5.30. The Labute approximate surface area is 120 Å². The molecule has 4 heteroatoms. The van der Waals surface area contributed by atoms with Gasteiger partial charge in [-0.3, -0.25) is 0 Å². The van der Waals surface area contributed by atoms with Gasteiger partial charge >= 0.3 is 0 Å². The molecule has 106 valence electrons. The highest BCUT2D eigenvalue weighted by Crippen LogP contribution is 2.13. The molecule has 0 saturated carbocycles. The van der Waals surface area contributed by atoms with Gasteiger partial charge in [-0.2, -0.15) is 0 Å². The molecule has 0 aliphatic rings. The maximum Gasteiger partial charge on any atom is 0.132 e. The molecule has 1 aromatic carbocycles. The summed E-state index contributed by atoms with van der Waals surface area (Å²) >= 11 is 0. The van der Waals surface area contributed by atoms with E-state index in [-0.39, 0.29) is 0 Å².